The fourth-order valence-electron chi connectivity index (χ4n) is 9.93. The molecular formula is C54H63ClN8O6S. The van der Waals surface area contributed by atoms with Gasteiger partial charge in [-0.05, 0) is 78.3 Å². The molecule has 2 aromatic heterocycles. The van der Waals surface area contributed by atoms with Crippen molar-refractivity contribution in [3.05, 3.63) is 118 Å². The molecule has 7 rings (SSSR count). The first-order valence-electron chi connectivity index (χ1n) is 23.7. The van der Waals surface area contributed by atoms with E-state index in [0.717, 1.165) is 32.8 Å². The number of aliphatic hydroxyl groups excluding tert-OH is 1. The number of aryl methyl sites for hydroxylation is 1. The van der Waals surface area contributed by atoms with Crippen LogP contribution in [0.3, 0.4) is 0 Å². The lowest BCUT2D eigenvalue weighted by Gasteiger charge is -2.63. The van der Waals surface area contributed by atoms with Gasteiger partial charge in [-0.25, -0.2) is 9.97 Å². The van der Waals surface area contributed by atoms with E-state index in [0.29, 0.717) is 47.1 Å². The molecule has 3 aromatic carbocycles. The van der Waals surface area contributed by atoms with Crippen molar-refractivity contribution in [3.8, 4) is 33.4 Å². The number of nitriles is 1. The van der Waals surface area contributed by atoms with Crippen molar-refractivity contribution in [2.75, 3.05) is 18.4 Å². The number of rotatable bonds is 17. The Morgan fingerprint density at radius 1 is 0.943 bits per heavy atom. The summed E-state index contributed by atoms with van der Waals surface area (Å²) in [5, 5.41) is 32.6. The zero-order valence-electron chi connectivity index (χ0n) is 41.1. The summed E-state index contributed by atoms with van der Waals surface area (Å²) in [6.45, 7) is 16.7. The van der Waals surface area contributed by atoms with Crippen LogP contribution in [0.1, 0.15) is 101 Å². The molecule has 2 aliphatic rings. The zero-order valence-corrected chi connectivity index (χ0v) is 42.6. The van der Waals surface area contributed by atoms with Crippen LogP contribution in [0.25, 0.3) is 21.6 Å². The molecule has 5 N–H and O–H groups in total. The molecule has 0 bridgehead atoms. The number of pyridine rings is 1. The number of halogens is 1. The maximum absolute atomic E-state index is 14.1. The number of likely N-dealkylation sites (tertiary alicyclic amines) is 1. The van der Waals surface area contributed by atoms with E-state index >= 15 is 0 Å². The summed E-state index contributed by atoms with van der Waals surface area (Å²) in [6.07, 6.45) is 2.26. The number of aromatic nitrogens is 2. The van der Waals surface area contributed by atoms with Gasteiger partial charge in [-0.2, -0.15) is 5.26 Å². The SMILES string of the molecule is Cc1ncsc1-c1ccc(CNC(=O)[C@@H]2C[C@@H](O)CN2C(=O)[C@@H](NC(=O)CCCCNc2ccc(-c3ccc(C(=O)NC4C(C)(C)C(Oc5ccc(C#N)c(Cl)c5)C4(C)C)cc3)cn2)C(C)(C)C)cc1. The zero-order chi connectivity index (χ0) is 50.5. The number of carbonyl (C=O) groups excluding carboxylic acids is 4. The van der Waals surface area contributed by atoms with Crippen LogP contribution in [0.5, 0.6) is 5.75 Å². The minimum atomic E-state index is -0.901. The normalized spacial score (nSPS) is 19.5. The van der Waals surface area contributed by atoms with E-state index in [1.807, 2.05) is 81.7 Å². The predicted octanol–water partition coefficient (Wildman–Crippen LogP) is 8.71. The van der Waals surface area contributed by atoms with Gasteiger partial charge in [0.25, 0.3) is 5.91 Å². The highest BCUT2D eigenvalue weighted by atomic mass is 35.5. The lowest BCUT2D eigenvalue weighted by atomic mass is 9.49. The van der Waals surface area contributed by atoms with Crippen LogP contribution < -0.4 is 26.0 Å². The average molecular weight is 988 g/mol. The molecule has 70 heavy (non-hydrogen) atoms. The number of nitrogens with one attached hydrogen (secondary N) is 4. The summed E-state index contributed by atoms with van der Waals surface area (Å²) < 4.78 is 6.37. The lowest BCUT2D eigenvalue weighted by Crippen LogP contribution is -2.74. The van der Waals surface area contributed by atoms with E-state index in [1.54, 1.807) is 47.9 Å². The Labute approximate surface area is 419 Å². The maximum atomic E-state index is 14.1. The lowest BCUT2D eigenvalue weighted by molar-refractivity contribution is -0.164. The van der Waals surface area contributed by atoms with Gasteiger partial charge >= 0.3 is 0 Å². The van der Waals surface area contributed by atoms with Crippen molar-refractivity contribution in [3.63, 3.8) is 0 Å². The molecule has 368 valence electrons. The van der Waals surface area contributed by atoms with Gasteiger partial charge in [0.05, 0.1) is 32.8 Å². The van der Waals surface area contributed by atoms with Crippen molar-refractivity contribution in [2.24, 2.45) is 16.2 Å². The van der Waals surface area contributed by atoms with Gasteiger partial charge in [0.15, 0.2) is 0 Å². The first-order chi connectivity index (χ1) is 33.2. The molecule has 1 aliphatic heterocycles. The molecule has 4 amide bonds. The van der Waals surface area contributed by atoms with Crippen LogP contribution in [0, 0.1) is 34.5 Å². The Bertz CT molecular complexity index is 2710. The van der Waals surface area contributed by atoms with E-state index in [9.17, 15) is 29.5 Å². The van der Waals surface area contributed by atoms with E-state index in [-0.39, 0.29) is 66.6 Å². The maximum Gasteiger partial charge on any atom is 0.251 e. The minimum Gasteiger partial charge on any atom is -0.489 e. The van der Waals surface area contributed by atoms with Crippen molar-refractivity contribution in [1.29, 1.82) is 5.26 Å². The number of ether oxygens (including phenoxy) is 1. The molecule has 0 radical (unpaired) electrons. The van der Waals surface area contributed by atoms with Gasteiger partial charge < -0.3 is 36.0 Å². The quantitative estimate of drug-likeness (QED) is 0.0562. The fraction of sp³-hybridized carbons (Fsp3) is 0.426. The van der Waals surface area contributed by atoms with Crippen LogP contribution in [0.15, 0.2) is 90.6 Å². The smallest absolute Gasteiger partial charge is 0.251 e. The highest BCUT2D eigenvalue weighted by Crippen LogP contribution is 2.55. The fourth-order valence-corrected chi connectivity index (χ4v) is 11.0. The van der Waals surface area contributed by atoms with Gasteiger partial charge in [0, 0.05) is 72.7 Å². The molecular weight excluding hydrogens is 924 g/mol. The molecule has 0 spiro atoms. The Balaban J connectivity index is 0.839. The highest BCUT2D eigenvalue weighted by Gasteiger charge is 2.64. The summed E-state index contributed by atoms with van der Waals surface area (Å²) in [6, 6.07) is 24.3. The summed E-state index contributed by atoms with van der Waals surface area (Å²) >= 11 is 7.83. The largest absolute Gasteiger partial charge is 0.489 e. The van der Waals surface area contributed by atoms with Gasteiger partial charge in [0.2, 0.25) is 17.7 Å². The number of unbranched alkanes of at least 4 members (excludes halogenated alkanes) is 1. The van der Waals surface area contributed by atoms with Gasteiger partial charge in [-0.1, -0.05) is 96.5 Å². The molecule has 0 unspecified atom stereocenters. The van der Waals surface area contributed by atoms with Gasteiger partial charge in [0.1, 0.15) is 35.8 Å². The summed E-state index contributed by atoms with van der Waals surface area (Å²) in [5.74, 6) is 0.0676. The molecule has 1 aliphatic carbocycles. The molecule has 3 heterocycles. The molecule has 1 saturated heterocycles. The predicted molar refractivity (Wildman–Crippen MR) is 273 cm³/mol. The summed E-state index contributed by atoms with van der Waals surface area (Å²) in [7, 11) is 0. The van der Waals surface area contributed by atoms with Crippen molar-refractivity contribution >= 4 is 52.4 Å². The van der Waals surface area contributed by atoms with Crippen LogP contribution in [0.2, 0.25) is 5.02 Å². The van der Waals surface area contributed by atoms with Crippen LogP contribution in [0.4, 0.5) is 5.82 Å². The second-order valence-corrected chi connectivity index (χ2v) is 21.9. The number of carbonyl (C=O) groups is 4. The van der Waals surface area contributed by atoms with Crippen LogP contribution in [-0.2, 0) is 20.9 Å². The molecule has 3 atom stereocenters. The number of hydrogen-bond acceptors (Lipinski definition) is 11. The molecule has 14 nitrogen and oxygen atoms in total. The van der Waals surface area contributed by atoms with Crippen molar-refractivity contribution in [1.82, 2.24) is 30.8 Å². The topological polar surface area (TPSA) is 199 Å². The summed E-state index contributed by atoms with van der Waals surface area (Å²) in [4.78, 5) is 65.7. The number of aliphatic hydroxyl groups is 1. The number of hydrogen-bond donors (Lipinski definition) is 5. The second kappa shape index (κ2) is 21.3. The van der Waals surface area contributed by atoms with E-state index in [2.05, 4.69) is 65.0 Å². The van der Waals surface area contributed by atoms with Gasteiger partial charge in [-0.3, -0.25) is 19.2 Å². The van der Waals surface area contributed by atoms with Crippen LogP contribution >= 0.6 is 22.9 Å². The standard InChI is InChI=1S/C54H63ClN8O6S/c1-32-45(70-31-60-32)35-14-12-33(13-15-35)28-59-48(67)42-25-39(64)30-63(42)49(68)46(52(2,3)4)61-44(65)11-9-10-24-57-43-23-21-38(29-58-43)34-16-18-36(19-17-34)47(66)62-50-53(5,6)51(54(50,7)8)69-40-22-20-37(27-56)41(55)26-40/h12-23,26,29,31,39,42,46,50-51,64H,9-11,24-25,28,30H2,1-8H3,(H,57,58)(H,59,67)(H,61,65)(H,62,66)/t39-,42+,46-,50?,51?/m1/s1. The number of anilines is 1. The molecule has 1 saturated carbocycles. The average Bonchev–Trinajstić information content (AvgIpc) is 3.95. The second-order valence-electron chi connectivity index (χ2n) is 20.6. The number of β-amino-alcohol motifs (C(OH)–C–C–N with tert-alkyl or cyclic N) is 1. The third kappa shape index (κ3) is 11.6. The van der Waals surface area contributed by atoms with E-state index in [4.69, 9.17) is 16.3 Å². The third-order valence-corrected chi connectivity index (χ3v) is 14.8. The van der Waals surface area contributed by atoms with E-state index in [1.165, 1.54) is 4.90 Å². The number of thiazole rings is 1. The highest BCUT2D eigenvalue weighted by molar-refractivity contribution is 7.13. The molecule has 5 aromatic rings. The minimum absolute atomic E-state index is 0.00512. The number of nitrogens with zero attached hydrogens (tertiary/aromatic N) is 4. The third-order valence-electron chi connectivity index (χ3n) is 13.5. The molecule has 2 fully saturated rings. The Kier molecular flexibility index (Phi) is 15.7. The Hall–Kier alpha value is -6.34. The van der Waals surface area contributed by atoms with Gasteiger partial charge in [-0.15, -0.1) is 11.3 Å². The number of benzene rings is 3. The monoisotopic (exact) mass is 986 g/mol. The van der Waals surface area contributed by atoms with E-state index < -0.39 is 29.5 Å². The van der Waals surface area contributed by atoms with Crippen molar-refractivity contribution in [2.45, 2.75) is 118 Å². The number of amides is 4. The summed E-state index contributed by atoms with van der Waals surface area (Å²) in [5.41, 5.74) is 6.02. The Morgan fingerprint density at radius 3 is 2.24 bits per heavy atom. The molecule has 16 heteroatoms. The first-order valence-corrected chi connectivity index (χ1v) is 25.0. The Morgan fingerprint density at radius 2 is 1.63 bits per heavy atom. The first kappa shape index (κ1) is 51.5. The van der Waals surface area contributed by atoms with Crippen LogP contribution in [-0.4, -0.2) is 87.0 Å². The van der Waals surface area contributed by atoms with Crippen molar-refractivity contribution < 1.29 is 29.0 Å².